The van der Waals surface area contributed by atoms with E-state index in [1.807, 2.05) is 0 Å². The van der Waals surface area contributed by atoms with Gasteiger partial charge in [0.05, 0.1) is 17.4 Å². The number of nitrogens with two attached hydrogens (primary N) is 1. The minimum absolute atomic E-state index is 0.165. The van der Waals surface area contributed by atoms with Crippen LogP contribution in [-0.4, -0.2) is 29.3 Å². The summed E-state index contributed by atoms with van der Waals surface area (Å²) in [7, 11) is 0. The van der Waals surface area contributed by atoms with Crippen LogP contribution in [0.4, 0.5) is 11.5 Å². The van der Waals surface area contributed by atoms with Crippen LogP contribution in [-0.2, 0) is 0 Å². The van der Waals surface area contributed by atoms with Gasteiger partial charge in [-0.05, 0) is 25.3 Å². The lowest BCUT2D eigenvalue weighted by molar-refractivity contribution is 0.275. The maximum atomic E-state index is 9.10. The van der Waals surface area contributed by atoms with Crippen LogP contribution in [0.5, 0.6) is 0 Å². The molecule has 0 aromatic carbocycles. The summed E-state index contributed by atoms with van der Waals surface area (Å²) < 4.78 is 0. The molecule has 0 saturated carbocycles. The molecule has 1 fully saturated rings. The summed E-state index contributed by atoms with van der Waals surface area (Å²) in [5.41, 5.74) is 6.64. The van der Waals surface area contributed by atoms with Gasteiger partial charge >= 0.3 is 0 Å². The van der Waals surface area contributed by atoms with Gasteiger partial charge in [-0.25, -0.2) is 4.98 Å². The van der Waals surface area contributed by atoms with Crippen LogP contribution in [0.25, 0.3) is 0 Å². The third-order valence-corrected chi connectivity index (χ3v) is 3.12. The molecule has 1 saturated heterocycles. The van der Waals surface area contributed by atoms with Crippen LogP contribution >= 0.6 is 0 Å². The number of aromatic nitrogens is 1. The fraction of sp³-hybridized carbons (Fsp3) is 0.500. The van der Waals surface area contributed by atoms with Crippen molar-refractivity contribution >= 4 is 11.5 Å². The number of anilines is 2. The molecule has 2 heterocycles. The Hall–Kier alpha value is -1.80. The van der Waals surface area contributed by atoms with Crippen molar-refractivity contribution in [2.24, 2.45) is 0 Å². The number of rotatable bonds is 3. The average molecular weight is 232 g/mol. The zero-order valence-electron chi connectivity index (χ0n) is 9.63. The third-order valence-electron chi connectivity index (χ3n) is 3.12. The van der Waals surface area contributed by atoms with Crippen LogP contribution in [0.2, 0.25) is 0 Å². The molecule has 0 bridgehead atoms. The van der Waals surface area contributed by atoms with Crippen molar-refractivity contribution in [1.29, 1.82) is 5.26 Å². The fourth-order valence-electron chi connectivity index (χ4n) is 2.35. The highest BCUT2D eigenvalue weighted by molar-refractivity contribution is 5.59. The van der Waals surface area contributed by atoms with E-state index < -0.39 is 0 Å². The molecule has 0 spiro atoms. The largest absolute Gasteiger partial charge is 0.397 e. The van der Waals surface area contributed by atoms with E-state index in [1.165, 1.54) is 0 Å². The van der Waals surface area contributed by atoms with Crippen molar-refractivity contribution in [3.05, 3.63) is 17.8 Å². The quantitative estimate of drug-likeness (QED) is 0.808. The molecule has 1 aromatic rings. The molecule has 0 radical (unpaired) electrons. The lowest BCUT2D eigenvalue weighted by Crippen LogP contribution is -2.31. The first-order valence-corrected chi connectivity index (χ1v) is 5.79. The summed E-state index contributed by atoms with van der Waals surface area (Å²) in [6, 6.07) is 4.06. The summed E-state index contributed by atoms with van der Waals surface area (Å²) >= 11 is 0. The Morgan fingerprint density at radius 3 is 3.18 bits per heavy atom. The van der Waals surface area contributed by atoms with E-state index in [9.17, 15) is 0 Å². The second-order valence-corrected chi connectivity index (χ2v) is 4.25. The van der Waals surface area contributed by atoms with Crippen molar-refractivity contribution in [2.45, 2.75) is 25.3 Å². The molecule has 1 atom stereocenters. The zero-order chi connectivity index (χ0) is 12.3. The number of aliphatic hydroxyl groups is 1. The minimum atomic E-state index is 0.165. The van der Waals surface area contributed by atoms with Crippen LogP contribution in [0.1, 0.15) is 24.8 Å². The molecule has 0 amide bonds. The van der Waals surface area contributed by atoms with E-state index in [0.717, 1.165) is 25.8 Å². The second-order valence-electron chi connectivity index (χ2n) is 4.25. The van der Waals surface area contributed by atoms with Gasteiger partial charge in [-0.2, -0.15) is 5.26 Å². The molecule has 17 heavy (non-hydrogen) atoms. The normalized spacial score (nSPS) is 19.3. The Morgan fingerprint density at radius 2 is 2.47 bits per heavy atom. The molecule has 1 aliphatic heterocycles. The number of pyridine rings is 1. The van der Waals surface area contributed by atoms with E-state index in [2.05, 4.69) is 16.0 Å². The highest BCUT2D eigenvalue weighted by Crippen LogP contribution is 2.28. The van der Waals surface area contributed by atoms with Gasteiger partial charge in [-0.1, -0.05) is 0 Å². The number of aliphatic hydroxyl groups excluding tert-OH is 1. The fourth-order valence-corrected chi connectivity index (χ4v) is 2.35. The van der Waals surface area contributed by atoms with Crippen LogP contribution in [0, 0.1) is 11.3 Å². The Labute approximate surface area is 100 Å². The minimum Gasteiger partial charge on any atom is -0.397 e. The second kappa shape index (κ2) is 5.02. The standard InChI is InChI=1S/C12H16N4O/c13-7-9-6-10(14)8-15-12(9)16-4-1-2-11(16)3-5-17/h6,8,11,17H,1-5,14H2. The van der Waals surface area contributed by atoms with Crippen molar-refractivity contribution in [3.63, 3.8) is 0 Å². The topological polar surface area (TPSA) is 86.2 Å². The van der Waals surface area contributed by atoms with Gasteiger partial charge in [0.15, 0.2) is 0 Å². The molecule has 5 heteroatoms. The lowest BCUT2D eigenvalue weighted by atomic mass is 10.1. The van der Waals surface area contributed by atoms with Crippen molar-refractivity contribution < 1.29 is 5.11 Å². The van der Waals surface area contributed by atoms with Gasteiger partial charge in [0.25, 0.3) is 0 Å². The summed E-state index contributed by atoms with van der Waals surface area (Å²) in [4.78, 5) is 6.37. The molecule has 1 unspecified atom stereocenters. The summed E-state index contributed by atoms with van der Waals surface area (Å²) in [6.07, 6.45) is 4.40. The first kappa shape index (κ1) is 11.7. The number of nitriles is 1. The van der Waals surface area contributed by atoms with Crippen LogP contribution in [0.3, 0.4) is 0 Å². The monoisotopic (exact) mass is 232 g/mol. The highest BCUT2D eigenvalue weighted by atomic mass is 16.3. The van der Waals surface area contributed by atoms with E-state index >= 15 is 0 Å². The zero-order valence-corrected chi connectivity index (χ0v) is 9.63. The van der Waals surface area contributed by atoms with Crippen molar-refractivity contribution in [3.8, 4) is 6.07 Å². The number of nitrogen functional groups attached to an aromatic ring is 1. The highest BCUT2D eigenvalue weighted by Gasteiger charge is 2.26. The molecule has 1 aliphatic rings. The Bertz CT molecular complexity index is 441. The van der Waals surface area contributed by atoms with Gasteiger partial charge in [0.1, 0.15) is 11.9 Å². The van der Waals surface area contributed by atoms with E-state index in [4.69, 9.17) is 16.1 Å². The van der Waals surface area contributed by atoms with Gasteiger partial charge in [-0.3, -0.25) is 0 Å². The summed E-state index contributed by atoms with van der Waals surface area (Å²) in [5.74, 6) is 0.692. The Kier molecular flexibility index (Phi) is 3.45. The van der Waals surface area contributed by atoms with Crippen LogP contribution < -0.4 is 10.6 Å². The van der Waals surface area contributed by atoms with Gasteiger partial charge < -0.3 is 15.7 Å². The molecule has 3 N–H and O–H groups in total. The van der Waals surface area contributed by atoms with Gasteiger partial charge in [0.2, 0.25) is 0 Å². The molecular weight excluding hydrogens is 216 g/mol. The lowest BCUT2D eigenvalue weighted by Gasteiger charge is -2.26. The maximum absolute atomic E-state index is 9.10. The predicted molar refractivity (Wildman–Crippen MR) is 65.4 cm³/mol. The molecule has 1 aromatic heterocycles. The molecule has 90 valence electrons. The third kappa shape index (κ3) is 2.32. The summed E-state index contributed by atoms with van der Waals surface area (Å²) in [6.45, 7) is 1.05. The first-order valence-electron chi connectivity index (χ1n) is 5.79. The number of nitrogens with zero attached hydrogens (tertiary/aromatic N) is 3. The number of hydrogen-bond donors (Lipinski definition) is 2. The van der Waals surface area contributed by atoms with Crippen LogP contribution in [0.15, 0.2) is 12.3 Å². The Morgan fingerprint density at radius 1 is 1.65 bits per heavy atom. The SMILES string of the molecule is N#Cc1cc(N)cnc1N1CCCC1CCO. The predicted octanol–water partition coefficient (Wildman–Crippen LogP) is 0.887. The van der Waals surface area contributed by atoms with E-state index in [0.29, 0.717) is 17.1 Å². The van der Waals surface area contributed by atoms with Crippen molar-refractivity contribution in [2.75, 3.05) is 23.8 Å². The Balaban J connectivity index is 2.30. The smallest absolute Gasteiger partial charge is 0.146 e. The van der Waals surface area contributed by atoms with Gasteiger partial charge in [0, 0.05) is 19.2 Å². The van der Waals surface area contributed by atoms with E-state index in [1.54, 1.807) is 12.3 Å². The average Bonchev–Trinajstić information content (AvgIpc) is 2.77. The molecule has 5 nitrogen and oxygen atoms in total. The van der Waals surface area contributed by atoms with E-state index in [-0.39, 0.29) is 12.6 Å². The number of hydrogen-bond acceptors (Lipinski definition) is 5. The van der Waals surface area contributed by atoms with Crippen molar-refractivity contribution in [1.82, 2.24) is 4.98 Å². The summed E-state index contributed by atoms with van der Waals surface area (Å²) in [5, 5.41) is 18.1. The molecule has 2 rings (SSSR count). The van der Waals surface area contributed by atoms with Gasteiger partial charge in [-0.15, -0.1) is 0 Å². The molecule has 0 aliphatic carbocycles. The first-order chi connectivity index (χ1) is 8.26. The maximum Gasteiger partial charge on any atom is 0.146 e. The molecular formula is C12H16N4O.